The van der Waals surface area contributed by atoms with E-state index in [1.54, 1.807) is 0 Å². The molecule has 0 spiro atoms. The fraction of sp³-hybridized carbons (Fsp3) is 0.130. The van der Waals surface area contributed by atoms with Gasteiger partial charge >= 0.3 is 0 Å². The van der Waals surface area contributed by atoms with Gasteiger partial charge in [0.1, 0.15) is 0 Å². The summed E-state index contributed by atoms with van der Waals surface area (Å²) in [5.41, 5.74) is 0.602. The van der Waals surface area contributed by atoms with E-state index in [1.165, 1.54) is 10.8 Å². The highest BCUT2D eigenvalue weighted by molar-refractivity contribution is 5.88. The Hall–Kier alpha value is -3.20. The van der Waals surface area contributed by atoms with Crippen LogP contribution in [0.2, 0.25) is 0 Å². The SMILES string of the molecule is O=C(C[n+]1ccccc1)NC1(c2cccc3ccccc23)C=CC=CC1. The second kappa shape index (κ2) is 6.96. The Morgan fingerprint density at radius 1 is 0.962 bits per heavy atom. The molecule has 1 unspecified atom stereocenters. The Bertz CT molecular complexity index is 986. The van der Waals surface area contributed by atoms with Crippen LogP contribution in [-0.2, 0) is 16.9 Å². The van der Waals surface area contributed by atoms with Crippen LogP contribution in [0.5, 0.6) is 0 Å². The molecule has 2 aromatic carbocycles. The molecular formula is C23H21N2O+. The van der Waals surface area contributed by atoms with Crippen LogP contribution in [0.1, 0.15) is 12.0 Å². The number of allylic oxidation sites excluding steroid dienone is 2. The van der Waals surface area contributed by atoms with E-state index in [0.29, 0.717) is 6.54 Å². The number of hydrogen-bond acceptors (Lipinski definition) is 1. The van der Waals surface area contributed by atoms with Gasteiger partial charge in [-0.2, -0.15) is 4.57 Å². The lowest BCUT2D eigenvalue weighted by atomic mass is 9.81. The highest BCUT2D eigenvalue weighted by Crippen LogP contribution is 2.34. The van der Waals surface area contributed by atoms with Crippen LogP contribution in [0.25, 0.3) is 10.8 Å². The molecule has 128 valence electrons. The van der Waals surface area contributed by atoms with Crippen molar-refractivity contribution in [2.24, 2.45) is 0 Å². The number of nitrogens with zero attached hydrogens (tertiary/aromatic N) is 1. The molecule has 0 bridgehead atoms. The molecule has 3 nitrogen and oxygen atoms in total. The lowest BCUT2D eigenvalue weighted by molar-refractivity contribution is -0.684. The number of hydrogen-bond donors (Lipinski definition) is 1. The molecule has 3 aromatic rings. The van der Waals surface area contributed by atoms with E-state index in [2.05, 4.69) is 47.8 Å². The molecule has 1 N–H and O–H groups in total. The number of carbonyl (C=O) groups is 1. The number of amides is 1. The van der Waals surface area contributed by atoms with E-state index in [9.17, 15) is 4.79 Å². The van der Waals surface area contributed by atoms with Gasteiger partial charge in [-0.15, -0.1) is 0 Å². The van der Waals surface area contributed by atoms with Crippen molar-refractivity contribution in [2.75, 3.05) is 0 Å². The van der Waals surface area contributed by atoms with E-state index < -0.39 is 5.54 Å². The lowest BCUT2D eigenvalue weighted by Gasteiger charge is -2.33. The molecule has 0 radical (unpaired) electrons. The zero-order valence-electron chi connectivity index (χ0n) is 14.5. The normalized spacial score (nSPS) is 18.8. The predicted molar refractivity (Wildman–Crippen MR) is 103 cm³/mol. The number of carbonyl (C=O) groups excluding carboxylic acids is 1. The first kappa shape index (κ1) is 16.3. The number of aromatic nitrogens is 1. The first-order valence-electron chi connectivity index (χ1n) is 8.85. The summed E-state index contributed by atoms with van der Waals surface area (Å²) in [5.74, 6) is -0.00548. The van der Waals surface area contributed by atoms with Crippen molar-refractivity contribution < 1.29 is 9.36 Å². The molecular weight excluding hydrogens is 320 g/mol. The molecule has 1 atom stereocenters. The number of benzene rings is 2. The summed E-state index contributed by atoms with van der Waals surface area (Å²) in [6, 6.07) is 20.4. The van der Waals surface area contributed by atoms with E-state index >= 15 is 0 Å². The molecule has 1 heterocycles. The quantitative estimate of drug-likeness (QED) is 0.722. The zero-order chi connectivity index (χ0) is 17.8. The van der Waals surface area contributed by atoms with Crippen LogP contribution in [0.15, 0.2) is 97.4 Å². The molecule has 1 aliphatic carbocycles. The summed E-state index contributed by atoms with van der Waals surface area (Å²) >= 11 is 0. The molecule has 26 heavy (non-hydrogen) atoms. The molecule has 1 aromatic heterocycles. The maximum atomic E-state index is 12.8. The van der Waals surface area contributed by atoms with Crippen molar-refractivity contribution in [2.45, 2.75) is 18.5 Å². The van der Waals surface area contributed by atoms with Crippen molar-refractivity contribution in [3.8, 4) is 0 Å². The van der Waals surface area contributed by atoms with Gasteiger partial charge in [-0.1, -0.05) is 72.8 Å². The molecule has 0 saturated heterocycles. The Kier molecular flexibility index (Phi) is 4.36. The average molecular weight is 341 g/mol. The number of fused-ring (bicyclic) bond motifs is 1. The zero-order valence-corrected chi connectivity index (χ0v) is 14.5. The van der Waals surface area contributed by atoms with Gasteiger partial charge in [0.2, 0.25) is 6.54 Å². The molecule has 4 rings (SSSR count). The Morgan fingerprint density at radius 2 is 1.77 bits per heavy atom. The summed E-state index contributed by atoms with van der Waals surface area (Å²) in [6.45, 7) is 0.297. The van der Waals surface area contributed by atoms with Crippen molar-refractivity contribution in [1.29, 1.82) is 0 Å². The average Bonchev–Trinajstić information content (AvgIpc) is 2.69. The summed E-state index contributed by atoms with van der Waals surface area (Å²) in [6.07, 6.45) is 12.8. The Labute approximate surface area is 153 Å². The summed E-state index contributed by atoms with van der Waals surface area (Å²) < 4.78 is 1.88. The second-order valence-electron chi connectivity index (χ2n) is 6.59. The maximum absolute atomic E-state index is 12.8. The fourth-order valence-corrected chi connectivity index (χ4v) is 3.59. The van der Waals surface area contributed by atoms with E-state index in [4.69, 9.17) is 0 Å². The van der Waals surface area contributed by atoms with Gasteiger partial charge in [-0.3, -0.25) is 4.79 Å². The molecule has 0 fully saturated rings. The van der Waals surface area contributed by atoms with Crippen LogP contribution in [0.4, 0.5) is 0 Å². The minimum atomic E-state index is -0.526. The molecule has 3 heteroatoms. The minimum Gasteiger partial charge on any atom is -0.337 e. The van der Waals surface area contributed by atoms with Gasteiger partial charge < -0.3 is 5.32 Å². The number of nitrogens with one attached hydrogen (secondary N) is 1. The Morgan fingerprint density at radius 3 is 2.58 bits per heavy atom. The van der Waals surface area contributed by atoms with Crippen LogP contribution in [0.3, 0.4) is 0 Å². The van der Waals surface area contributed by atoms with Gasteiger partial charge in [0.15, 0.2) is 12.4 Å². The molecule has 0 aliphatic heterocycles. The lowest BCUT2D eigenvalue weighted by Crippen LogP contribution is -2.50. The standard InChI is InChI=1S/C23H20N2O/c26-22(18-25-16-7-2-8-17-25)24-23(14-5-1-6-15-23)21-13-9-11-19-10-3-4-12-20(19)21/h1-14,16-17H,15,18H2/p+1. The van der Waals surface area contributed by atoms with E-state index in [0.717, 1.165) is 12.0 Å². The largest absolute Gasteiger partial charge is 0.337 e. The first-order valence-corrected chi connectivity index (χ1v) is 8.85. The number of pyridine rings is 1. The minimum absolute atomic E-state index is 0.00548. The topological polar surface area (TPSA) is 33.0 Å². The van der Waals surface area contributed by atoms with Gasteiger partial charge in [-0.05, 0) is 22.8 Å². The van der Waals surface area contributed by atoms with Gasteiger partial charge in [0, 0.05) is 12.1 Å². The van der Waals surface area contributed by atoms with Crippen LogP contribution < -0.4 is 9.88 Å². The third kappa shape index (κ3) is 3.16. The van der Waals surface area contributed by atoms with Crippen molar-refractivity contribution >= 4 is 16.7 Å². The summed E-state index contributed by atoms with van der Waals surface area (Å²) in [5, 5.41) is 5.64. The van der Waals surface area contributed by atoms with Crippen molar-refractivity contribution in [1.82, 2.24) is 5.32 Å². The third-order valence-corrected chi connectivity index (χ3v) is 4.80. The highest BCUT2D eigenvalue weighted by atomic mass is 16.2. The first-order chi connectivity index (χ1) is 12.8. The van der Waals surface area contributed by atoms with Gasteiger partial charge in [0.25, 0.3) is 5.91 Å². The van der Waals surface area contributed by atoms with E-state index in [1.807, 2.05) is 59.4 Å². The molecule has 0 saturated carbocycles. The second-order valence-corrected chi connectivity index (χ2v) is 6.59. The monoisotopic (exact) mass is 341 g/mol. The van der Waals surface area contributed by atoms with Gasteiger partial charge in [0.05, 0.1) is 5.54 Å². The predicted octanol–water partition coefficient (Wildman–Crippen LogP) is 3.66. The van der Waals surface area contributed by atoms with Crippen molar-refractivity contribution in [3.05, 3.63) is 103 Å². The van der Waals surface area contributed by atoms with Crippen molar-refractivity contribution in [3.63, 3.8) is 0 Å². The van der Waals surface area contributed by atoms with E-state index in [-0.39, 0.29) is 5.91 Å². The third-order valence-electron chi connectivity index (χ3n) is 4.80. The number of rotatable bonds is 4. The summed E-state index contributed by atoms with van der Waals surface area (Å²) in [4.78, 5) is 12.8. The van der Waals surface area contributed by atoms with Crippen LogP contribution in [-0.4, -0.2) is 5.91 Å². The highest BCUT2D eigenvalue weighted by Gasteiger charge is 2.33. The smallest absolute Gasteiger partial charge is 0.286 e. The maximum Gasteiger partial charge on any atom is 0.286 e. The molecule has 1 aliphatic rings. The Balaban J connectivity index is 1.71. The molecule has 1 amide bonds. The van der Waals surface area contributed by atoms with Crippen LogP contribution in [0, 0.1) is 0 Å². The fourth-order valence-electron chi connectivity index (χ4n) is 3.59. The van der Waals surface area contributed by atoms with Gasteiger partial charge in [-0.25, -0.2) is 0 Å². The summed E-state index contributed by atoms with van der Waals surface area (Å²) in [7, 11) is 0. The van der Waals surface area contributed by atoms with Crippen LogP contribution >= 0.6 is 0 Å².